The van der Waals surface area contributed by atoms with Gasteiger partial charge in [0, 0.05) is 43.1 Å². The molecule has 9 heteroatoms. The zero-order valence-corrected chi connectivity index (χ0v) is 18.6. The van der Waals surface area contributed by atoms with Gasteiger partial charge in [-0.3, -0.25) is 4.79 Å². The summed E-state index contributed by atoms with van der Waals surface area (Å²) >= 11 is 6.12. The van der Waals surface area contributed by atoms with Crippen LogP contribution in [-0.4, -0.2) is 54.6 Å². The average molecular weight is 442 g/mol. The maximum atomic E-state index is 12.4. The van der Waals surface area contributed by atoms with E-state index in [1.807, 2.05) is 24.3 Å². The Kier molecular flexibility index (Phi) is 7.90. The predicted octanol–water partition coefficient (Wildman–Crippen LogP) is 2.92. The Bertz CT molecular complexity index is 922. The molecule has 8 nitrogen and oxygen atoms in total. The molecule has 1 saturated heterocycles. The van der Waals surface area contributed by atoms with E-state index in [1.165, 1.54) is 0 Å². The lowest BCUT2D eigenvalue weighted by Crippen LogP contribution is -2.47. The molecule has 0 aliphatic carbocycles. The lowest BCUT2D eigenvalue weighted by atomic mass is 10.0. The fraction of sp³-hybridized carbons (Fsp3) is 0.455. The summed E-state index contributed by atoms with van der Waals surface area (Å²) < 4.78 is 0. The number of carbonyl (C=O) groups excluding carboxylic acids is 1. The zero-order valence-electron chi connectivity index (χ0n) is 17.9. The van der Waals surface area contributed by atoms with Crippen LogP contribution in [-0.2, 0) is 4.79 Å². The number of hydrogen-bond donors (Lipinski definition) is 2. The summed E-state index contributed by atoms with van der Waals surface area (Å²) in [6.07, 6.45) is 2.34. The van der Waals surface area contributed by atoms with E-state index in [1.54, 1.807) is 12.3 Å². The molecule has 1 aliphatic rings. The molecule has 3 rings (SSSR count). The maximum absolute atomic E-state index is 12.4. The number of anilines is 3. The number of amides is 1. The fourth-order valence-corrected chi connectivity index (χ4v) is 3.73. The van der Waals surface area contributed by atoms with Gasteiger partial charge in [0.1, 0.15) is 18.4 Å². The molecule has 1 aromatic heterocycles. The number of nitriles is 1. The number of hydrogen-bond acceptors (Lipinski definition) is 7. The maximum Gasteiger partial charge on any atom is 0.243 e. The highest BCUT2D eigenvalue weighted by Crippen LogP contribution is 2.22. The number of piperazine rings is 1. The molecule has 0 saturated carbocycles. The van der Waals surface area contributed by atoms with Crippen molar-refractivity contribution in [2.24, 2.45) is 5.92 Å². The van der Waals surface area contributed by atoms with Crippen molar-refractivity contribution in [3.63, 3.8) is 0 Å². The van der Waals surface area contributed by atoms with Gasteiger partial charge in [-0.05, 0) is 36.6 Å². The molecule has 1 aromatic carbocycles. The van der Waals surface area contributed by atoms with Crippen LogP contribution in [0.2, 0.25) is 5.02 Å². The van der Waals surface area contributed by atoms with Crippen LogP contribution >= 0.6 is 11.6 Å². The number of rotatable bonds is 8. The first-order valence-corrected chi connectivity index (χ1v) is 10.8. The molecule has 0 radical (unpaired) electrons. The molecule has 1 amide bonds. The highest BCUT2D eigenvalue weighted by molar-refractivity contribution is 6.30. The minimum Gasteiger partial charge on any atom is -0.368 e. The van der Waals surface area contributed by atoms with Gasteiger partial charge in [-0.15, -0.1) is 0 Å². The van der Waals surface area contributed by atoms with E-state index in [2.05, 4.69) is 50.3 Å². The van der Waals surface area contributed by atoms with E-state index >= 15 is 0 Å². The first-order valence-electron chi connectivity index (χ1n) is 10.5. The highest BCUT2D eigenvalue weighted by atomic mass is 35.5. The van der Waals surface area contributed by atoms with Gasteiger partial charge in [-0.25, -0.2) is 4.98 Å². The van der Waals surface area contributed by atoms with E-state index in [0.717, 1.165) is 36.9 Å². The van der Waals surface area contributed by atoms with E-state index in [4.69, 9.17) is 16.9 Å². The smallest absolute Gasteiger partial charge is 0.243 e. The summed E-state index contributed by atoms with van der Waals surface area (Å²) in [7, 11) is 0. The number of nitrogens with one attached hydrogen (secondary N) is 2. The quantitative estimate of drug-likeness (QED) is 0.608. The van der Waals surface area contributed by atoms with Crippen LogP contribution in [0.1, 0.15) is 20.3 Å². The summed E-state index contributed by atoms with van der Waals surface area (Å²) in [6.45, 7) is 7.35. The van der Waals surface area contributed by atoms with Gasteiger partial charge in [-0.1, -0.05) is 31.5 Å². The second kappa shape index (κ2) is 10.8. The SMILES string of the molecule is CC(C)C[C@H](Nc1ccnc(N2CCN(c3cccc(Cl)c3)CC2)n1)C(=O)NCC#N. The minimum atomic E-state index is -0.462. The zero-order chi connectivity index (χ0) is 22.2. The molecule has 2 heterocycles. The van der Waals surface area contributed by atoms with Crippen LogP contribution in [0.3, 0.4) is 0 Å². The first-order chi connectivity index (χ1) is 15.0. The molecule has 2 aromatic rings. The van der Waals surface area contributed by atoms with Crippen LogP contribution in [0.15, 0.2) is 36.5 Å². The van der Waals surface area contributed by atoms with Crippen molar-refractivity contribution in [1.29, 1.82) is 5.26 Å². The fourth-order valence-electron chi connectivity index (χ4n) is 3.55. The van der Waals surface area contributed by atoms with Gasteiger partial charge in [0.25, 0.3) is 0 Å². The number of benzene rings is 1. The summed E-state index contributed by atoms with van der Waals surface area (Å²) in [5, 5.41) is 15.3. The Morgan fingerprint density at radius 2 is 1.97 bits per heavy atom. The Hall–Kier alpha value is -3.05. The Balaban J connectivity index is 1.64. The van der Waals surface area contributed by atoms with Crippen molar-refractivity contribution >= 4 is 35.0 Å². The third-order valence-electron chi connectivity index (χ3n) is 5.07. The van der Waals surface area contributed by atoms with Gasteiger partial charge >= 0.3 is 0 Å². The van der Waals surface area contributed by atoms with Crippen molar-refractivity contribution in [3.05, 3.63) is 41.6 Å². The molecule has 2 N–H and O–H groups in total. The van der Waals surface area contributed by atoms with Crippen LogP contribution < -0.4 is 20.4 Å². The van der Waals surface area contributed by atoms with Crippen LogP contribution in [0.25, 0.3) is 0 Å². The van der Waals surface area contributed by atoms with Gasteiger partial charge < -0.3 is 20.4 Å². The summed E-state index contributed by atoms with van der Waals surface area (Å²) in [5.41, 5.74) is 1.11. The normalized spacial score (nSPS) is 14.8. The van der Waals surface area contributed by atoms with Gasteiger partial charge in [-0.2, -0.15) is 10.2 Å². The summed E-state index contributed by atoms with van der Waals surface area (Å²) in [4.78, 5) is 25.9. The topological polar surface area (TPSA) is 97.2 Å². The highest BCUT2D eigenvalue weighted by Gasteiger charge is 2.22. The van der Waals surface area contributed by atoms with Gasteiger partial charge in [0.05, 0.1) is 6.07 Å². The average Bonchev–Trinajstić information content (AvgIpc) is 2.77. The molecule has 1 atom stereocenters. The van der Waals surface area contributed by atoms with E-state index < -0.39 is 6.04 Å². The Morgan fingerprint density at radius 1 is 1.23 bits per heavy atom. The van der Waals surface area contributed by atoms with Crippen molar-refractivity contribution in [1.82, 2.24) is 15.3 Å². The molecule has 0 spiro atoms. The second-order valence-corrected chi connectivity index (χ2v) is 8.33. The summed E-state index contributed by atoms with van der Waals surface area (Å²) in [5.74, 6) is 1.34. The number of nitrogens with zero attached hydrogens (tertiary/aromatic N) is 5. The van der Waals surface area contributed by atoms with Crippen LogP contribution in [0, 0.1) is 17.2 Å². The monoisotopic (exact) mass is 441 g/mol. The largest absolute Gasteiger partial charge is 0.368 e. The van der Waals surface area contributed by atoms with Crippen LogP contribution in [0.4, 0.5) is 17.5 Å². The van der Waals surface area contributed by atoms with Crippen molar-refractivity contribution in [2.45, 2.75) is 26.3 Å². The number of halogens is 1. The molecule has 0 bridgehead atoms. The van der Waals surface area contributed by atoms with Gasteiger partial charge in [0.2, 0.25) is 11.9 Å². The second-order valence-electron chi connectivity index (χ2n) is 7.90. The molecule has 31 heavy (non-hydrogen) atoms. The standard InChI is InChI=1S/C22H28ClN7O/c1-16(2)14-19(21(31)25-9-7-24)27-20-6-8-26-22(28-20)30-12-10-29(11-13-30)18-5-3-4-17(23)15-18/h3-6,8,15-16,19H,9-14H2,1-2H3,(H,25,31)(H,26,27,28)/t19-/m0/s1. The lowest BCUT2D eigenvalue weighted by Gasteiger charge is -2.36. The third kappa shape index (κ3) is 6.46. The molecule has 0 unspecified atom stereocenters. The molecule has 1 fully saturated rings. The van der Waals surface area contributed by atoms with Crippen LogP contribution in [0.5, 0.6) is 0 Å². The Labute approximate surface area is 188 Å². The molecular weight excluding hydrogens is 414 g/mol. The van der Waals surface area contributed by atoms with E-state index in [0.29, 0.717) is 24.1 Å². The first kappa shape index (κ1) is 22.6. The molecular formula is C22H28ClN7O. The Morgan fingerprint density at radius 3 is 2.65 bits per heavy atom. The van der Waals surface area contributed by atoms with E-state index in [-0.39, 0.29) is 12.5 Å². The third-order valence-corrected chi connectivity index (χ3v) is 5.30. The van der Waals surface area contributed by atoms with Crippen molar-refractivity contribution in [2.75, 3.05) is 47.8 Å². The van der Waals surface area contributed by atoms with Gasteiger partial charge in [0.15, 0.2) is 0 Å². The number of aromatic nitrogens is 2. The number of carbonyl (C=O) groups is 1. The van der Waals surface area contributed by atoms with Crippen molar-refractivity contribution in [3.8, 4) is 6.07 Å². The van der Waals surface area contributed by atoms with E-state index in [9.17, 15) is 4.79 Å². The molecule has 1 aliphatic heterocycles. The van der Waals surface area contributed by atoms with Crippen molar-refractivity contribution < 1.29 is 4.79 Å². The lowest BCUT2D eigenvalue weighted by molar-refractivity contribution is -0.121. The predicted molar refractivity (Wildman–Crippen MR) is 123 cm³/mol. The molecule has 164 valence electrons. The minimum absolute atomic E-state index is 0.0129. The summed E-state index contributed by atoms with van der Waals surface area (Å²) in [6, 6.07) is 11.1.